The van der Waals surface area contributed by atoms with Gasteiger partial charge < -0.3 is 4.74 Å². The minimum absolute atomic E-state index is 0.451. The van der Waals surface area contributed by atoms with Crippen LogP contribution in [-0.2, 0) is 6.42 Å². The van der Waals surface area contributed by atoms with Crippen molar-refractivity contribution in [2.24, 2.45) is 0 Å². The fourth-order valence-electron chi connectivity index (χ4n) is 1.69. The first-order valence-electron chi connectivity index (χ1n) is 6.58. The van der Waals surface area contributed by atoms with E-state index in [9.17, 15) is 0 Å². The molecular weight excluding hydrogens is 272 g/mol. The summed E-state index contributed by atoms with van der Waals surface area (Å²) < 4.78 is 5.66. The topological polar surface area (TPSA) is 35.0 Å². The Bertz CT molecular complexity index is 597. The zero-order valence-electron chi connectivity index (χ0n) is 11.6. The maximum absolute atomic E-state index is 6.06. The second-order valence-corrected chi connectivity index (χ2v) is 4.70. The van der Waals surface area contributed by atoms with Crippen LogP contribution < -0.4 is 4.74 Å². The molecule has 3 nitrogen and oxygen atoms in total. The van der Waals surface area contributed by atoms with Crippen LogP contribution in [-0.4, -0.2) is 16.6 Å². The van der Waals surface area contributed by atoms with Gasteiger partial charge >= 0.3 is 0 Å². The van der Waals surface area contributed by atoms with E-state index in [1.54, 1.807) is 0 Å². The van der Waals surface area contributed by atoms with Gasteiger partial charge in [0.25, 0.3) is 0 Å². The first-order valence-corrected chi connectivity index (χ1v) is 6.96. The Labute approximate surface area is 124 Å². The molecule has 0 aliphatic carbocycles. The lowest BCUT2D eigenvalue weighted by atomic mass is 10.2. The molecule has 0 atom stereocenters. The van der Waals surface area contributed by atoms with Gasteiger partial charge in [-0.15, -0.1) is 0 Å². The molecule has 1 aromatic carbocycles. The van der Waals surface area contributed by atoms with Gasteiger partial charge in [0.1, 0.15) is 17.6 Å². The van der Waals surface area contributed by atoms with Crippen LogP contribution in [0.4, 0.5) is 0 Å². The highest BCUT2D eigenvalue weighted by atomic mass is 35.5. The van der Waals surface area contributed by atoms with Crippen LogP contribution >= 0.6 is 11.6 Å². The van der Waals surface area contributed by atoms with E-state index < -0.39 is 0 Å². The predicted molar refractivity (Wildman–Crippen MR) is 82.1 cm³/mol. The lowest BCUT2D eigenvalue weighted by Gasteiger charge is -2.08. The van der Waals surface area contributed by atoms with E-state index >= 15 is 0 Å². The molecule has 1 heterocycles. The molecule has 0 aliphatic rings. The number of aryl methyl sites for hydroxylation is 1. The van der Waals surface area contributed by atoms with Gasteiger partial charge in [-0.25, -0.2) is 4.98 Å². The number of hydrogen-bond donors (Lipinski definition) is 0. The number of rotatable bonds is 5. The van der Waals surface area contributed by atoms with E-state index in [0.29, 0.717) is 23.5 Å². The Morgan fingerprint density at radius 3 is 2.65 bits per heavy atom. The molecule has 0 radical (unpaired) electrons. The molecule has 0 saturated carbocycles. The molecule has 1 aromatic heterocycles. The molecule has 20 heavy (non-hydrogen) atoms. The van der Waals surface area contributed by atoms with Crippen LogP contribution in [0, 0.1) is 6.92 Å². The molecule has 0 aliphatic heterocycles. The fraction of sp³-hybridized carbons (Fsp3) is 0.250. The summed E-state index contributed by atoms with van der Waals surface area (Å²) in [6, 6.07) is 10.1. The van der Waals surface area contributed by atoms with Crippen molar-refractivity contribution in [3.63, 3.8) is 0 Å². The van der Waals surface area contributed by atoms with Gasteiger partial charge in [0.05, 0.1) is 0 Å². The zero-order valence-corrected chi connectivity index (χ0v) is 12.4. The highest BCUT2D eigenvalue weighted by molar-refractivity contribution is 6.30. The SMILES string of the molecule is CCc1nc(Cl)c(C)c(OC/C=C/c2ccccc2)n1. The second-order valence-electron chi connectivity index (χ2n) is 4.34. The fourth-order valence-corrected chi connectivity index (χ4v) is 1.86. The van der Waals surface area contributed by atoms with Crippen LogP contribution in [0.5, 0.6) is 5.88 Å². The number of ether oxygens (including phenoxy) is 1. The Kier molecular flexibility index (Phi) is 5.13. The van der Waals surface area contributed by atoms with Crippen molar-refractivity contribution in [3.05, 3.63) is 58.5 Å². The Balaban J connectivity index is 2.01. The van der Waals surface area contributed by atoms with Crippen molar-refractivity contribution in [1.29, 1.82) is 0 Å². The summed E-state index contributed by atoms with van der Waals surface area (Å²) in [5.41, 5.74) is 1.92. The Hall–Kier alpha value is -1.87. The lowest BCUT2D eigenvalue weighted by molar-refractivity contribution is 0.344. The number of aromatic nitrogens is 2. The first kappa shape index (κ1) is 14.5. The largest absolute Gasteiger partial charge is 0.473 e. The smallest absolute Gasteiger partial charge is 0.221 e. The summed E-state index contributed by atoms with van der Waals surface area (Å²) in [6.45, 7) is 4.30. The molecule has 4 heteroatoms. The molecule has 0 saturated heterocycles. The van der Waals surface area contributed by atoms with E-state index in [2.05, 4.69) is 9.97 Å². The van der Waals surface area contributed by atoms with E-state index in [1.807, 2.05) is 56.3 Å². The number of benzene rings is 1. The van der Waals surface area contributed by atoms with Crippen LogP contribution in [0.3, 0.4) is 0 Å². The van der Waals surface area contributed by atoms with Crippen LogP contribution in [0.15, 0.2) is 36.4 Å². The van der Waals surface area contributed by atoms with Crippen LogP contribution in [0.1, 0.15) is 23.9 Å². The van der Waals surface area contributed by atoms with Crippen molar-refractivity contribution in [2.75, 3.05) is 6.61 Å². The van der Waals surface area contributed by atoms with E-state index in [4.69, 9.17) is 16.3 Å². The number of hydrogen-bond acceptors (Lipinski definition) is 3. The maximum Gasteiger partial charge on any atom is 0.221 e. The minimum atomic E-state index is 0.451. The molecule has 0 fully saturated rings. The van der Waals surface area contributed by atoms with Gasteiger partial charge in [-0.1, -0.05) is 54.9 Å². The minimum Gasteiger partial charge on any atom is -0.473 e. The summed E-state index contributed by atoms with van der Waals surface area (Å²) in [4.78, 5) is 8.53. The highest BCUT2D eigenvalue weighted by Crippen LogP contribution is 2.22. The molecule has 0 bridgehead atoms. The van der Waals surface area contributed by atoms with E-state index in [-0.39, 0.29) is 0 Å². The van der Waals surface area contributed by atoms with Crippen molar-refractivity contribution < 1.29 is 4.74 Å². The van der Waals surface area contributed by atoms with Gasteiger partial charge in [-0.3, -0.25) is 0 Å². The third-order valence-corrected chi connectivity index (χ3v) is 3.20. The zero-order chi connectivity index (χ0) is 14.4. The molecule has 0 amide bonds. The summed E-state index contributed by atoms with van der Waals surface area (Å²) in [5.74, 6) is 1.25. The summed E-state index contributed by atoms with van der Waals surface area (Å²) in [6.07, 6.45) is 4.70. The Morgan fingerprint density at radius 1 is 1.20 bits per heavy atom. The third kappa shape index (κ3) is 3.81. The molecular formula is C16H17ClN2O. The van der Waals surface area contributed by atoms with E-state index in [0.717, 1.165) is 17.5 Å². The molecule has 0 unspecified atom stereocenters. The highest BCUT2D eigenvalue weighted by Gasteiger charge is 2.08. The molecule has 0 N–H and O–H groups in total. The van der Waals surface area contributed by atoms with Crippen molar-refractivity contribution >= 4 is 17.7 Å². The van der Waals surface area contributed by atoms with Gasteiger partial charge in [0.2, 0.25) is 5.88 Å². The van der Waals surface area contributed by atoms with Gasteiger partial charge in [-0.05, 0) is 18.6 Å². The molecule has 2 rings (SSSR count). The van der Waals surface area contributed by atoms with Crippen LogP contribution in [0.2, 0.25) is 5.15 Å². The van der Waals surface area contributed by atoms with Gasteiger partial charge in [0.15, 0.2) is 0 Å². The summed E-state index contributed by atoms with van der Waals surface area (Å²) in [5, 5.41) is 0.457. The average Bonchev–Trinajstić information content (AvgIpc) is 2.48. The van der Waals surface area contributed by atoms with E-state index in [1.165, 1.54) is 0 Å². The third-order valence-electron chi connectivity index (χ3n) is 2.83. The summed E-state index contributed by atoms with van der Waals surface area (Å²) >= 11 is 6.06. The Morgan fingerprint density at radius 2 is 1.95 bits per heavy atom. The monoisotopic (exact) mass is 288 g/mol. The van der Waals surface area contributed by atoms with Crippen LogP contribution in [0.25, 0.3) is 6.08 Å². The average molecular weight is 289 g/mol. The maximum atomic E-state index is 6.06. The van der Waals surface area contributed by atoms with Gasteiger partial charge in [-0.2, -0.15) is 4.98 Å². The normalized spacial score (nSPS) is 10.9. The van der Waals surface area contributed by atoms with Gasteiger partial charge in [0, 0.05) is 12.0 Å². The number of halogens is 1. The summed E-state index contributed by atoms with van der Waals surface area (Å²) in [7, 11) is 0. The second kappa shape index (κ2) is 7.06. The number of nitrogens with zero attached hydrogens (tertiary/aromatic N) is 2. The first-order chi connectivity index (χ1) is 9.70. The van der Waals surface area contributed by atoms with Crippen molar-refractivity contribution in [3.8, 4) is 5.88 Å². The lowest BCUT2D eigenvalue weighted by Crippen LogP contribution is -2.03. The van der Waals surface area contributed by atoms with Crippen molar-refractivity contribution in [1.82, 2.24) is 9.97 Å². The predicted octanol–water partition coefficient (Wildman–Crippen LogP) is 4.09. The molecule has 2 aromatic rings. The quantitative estimate of drug-likeness (QED) is 0.777. The standard InChI is InChI=1S/C16H17ClN2O/c1-3-14-18-15(17)12(2)16(19-14)20-11-7-10-13-8-5-4-6-9-13/h4-10H,3,11H2,1-2H3/b10-7+. The molecule has 0 spiro atoms. The van der Waals surface area contributed by atoms with Crippen molar-refractivity contribution in [2.45, 2.75) is 20.3 Å². The molecule has 104 valence electrons.